The summed E-state index contributed by atoms with van der Waals surface area (Å²) in [6.45, 7) is 2.76. The Kier molecular flexibility index (Phi) is 6.87. The zero-order valence-electron chi connectivity index (χ0n) is 14.5. The molecule has 0 saturated heterocycles. The van der Waals surface area contributed by atoms with Crippen LogP contribution in [0.1, 0.15) is 18.3 Å². The molecule has 0 radical (unpaired) electrons. The van der Waals surface area contributed by atoms with Gasteiger partial charge >= 0.3 is 0 Å². The number of hydrogen-bond donors (Lipinski definition) is 1. The lowest BCUT2D eigenvalue weighted by Crippen LogP contribution is -2.15. The summed E-state index contributed by atoms with van der Waals surface area (Å²) in [5, 5.41) is 12.7. The van der Waals surface area contributed by atoms with Gasteiger partial charge in [0.2, 0.25) is 5.91 Å². The van der Waals surface area contributed by atoms with E-state index in [1.54, 1.807) is 12.3 Å². The molecule has 3 rings (SSSR count). The van der Waals surface area contributed by atoms with Crippen LogP contribution in [0.2, 0.25) is 5.02 Å². The molecular formula is C18H17BrClN5OS. The molecule has 0 fully saturated rings. The Morgan fingerprint density at radius 3 is 2.67 bits per heavy atom. The minimum atomic E-state index is -0.139. The van der Waals surface area contributed by atoms with Gasteiger partial charge in [-0.15, -0.1) is 10.2 Å². The normalized spacial score (nSPS) is 10.8. The van der Waals surface area contributed by atoms with Crippen LogP contribution in [-0.2, 0) is 17.8 Å². The van der Waals surface area contributed by atoms with Crippen LogP contribution in [0.15, 0.2) is 52.2 Å². The number of amides is 1. The van der Waals surface area contributed by atoms with E-state index in [1.807, 2.05) is 41.8 Å². The molecule has 2 aromatic heterocycles. The standard InChI is InChI=1S/C18H17BrClN5OS/c1-2-25-16(9-12-3-6-14(20)7-4-12)23-24-18(25)27-11-17(26)22-15-8-5-13(19)10-21-15/h3-8,10H,2,9,11H2,1H3,(H,21,22,26). The number of thioether (sulfide) groups is 1. The molecule has 9 heteroatoms. The van der Waals surface area contributed by atoms with E-state index in [-0.39, 0.29) is 11.7 Å². The second-order valence-corrected chi connectivity index (χ2v) is 7.94. The number of anilines is 1. The molecule has 0 saturated carbocycles. The van der Waals surface area contributed by atoms with Gasteiger partial charge in [-0.25, -0.2) is 4.98 Å². The lowest BCUT2D eigenvalue weighted by Gasteiger charge is -2.08. The first-order chi connectivity index (χ1) is 13.0. The van der Waals surface area contributed by atoms with Crippen LogP contribution in [0, 0.1) is 0 Å². The molecule has 2 heterocycles. The van der Waals surface area contributed by atoms with Gasteiger partial charge in [0.15, 0.2) is 5.16 Å². The number of carbonyl (C=O) groups excluding carboxylic acids is 1. The third-order valence-electron chi connectivity index (χ3n) is 3.71. The van der Waals surface area contributed by atoms with Crippen molar-refractivity contribution in [1.82, 2.24) is 19.7 Å². The molecule has 140 valence electrons. The van der Waals surface area contributed by atoms with Crippen molar-refractivity contribution in [3.8, 4) is 0 Å². The quantitative estimate of drug-likeness (QED) is 0.522. The Morgan fingerprint density at radius 1 is 1.22 bits per heavy atom. The smallest absolute Gasteiger partial charge is 0.236 e. The first kappa shape index (κ1) is 19.9. The van der Waals surface area contributed by atoms with Gasteiger partial charge in [0, 0.05) is 28.7 Å². The van der Waals surface area contributed by atoms with Crippen LogP contribution in [0.4, 0.5) is 5.82 Å². The Labute approximate surface area is 174 Å². The van der Waals surface area contributed by atoms with Crippen LogP contribution in [0.3, 0.4) is 0 Å². The maximum absolute atomic E-state index is 12.1. The highest BCUT2D eigenvalue weighted by molar-refractivity contribution is 9.10. The van der Waals surface area contributed by atoms with Crippen LogP contribution < -0.4 is 5.32 Å². The monoisotopic (exact) mass is 465 g/mol. The highest BCUT2D eigenvalue weighted by Crippen LogP contribution is 2.20. The van der Waals surface area contributed by atoms with E-state index in [2.05, 4.69) is 36.4 Å². The SMILES string of the molecule is CCn1c(Cc2ccc(Cl)cc2)nnc1SCC(=O)Nc1ccc(Br)cn1. The number of halogens is 2. The zero-order valence-corrected chi connectivity index (χ0v) is 17.7. The molecule has 1 N–H and O–H groups in total. The minimum Gasteiger partial charge on any atom is -0.310 e. The number of nitrogens with zero attached hydrogens (tertiary/aromatic N) is 4. The molecule has 0 atom stereocenters. The van der Waals surface area contributed by atoms with Crippen molar-refractivity contribution in [2.24, 2.45) is 0 Å². The number of nitrogens with one attached hydrogen (secondary N) is 1. The highest BCUT2D eigenvalue weighted by atomic mass is 79.9. The van der Waals surface area contributed by atoms with Crippen LogP contribution in [-0.4, -0.2) is 31.4 Å². The number of rotatable bonds is 7. The predicted octanol–water partition coefficient (Wildman–Crippen LogP) is 4.43. The third-order valence-corrected chi connectivity index (χ3v) is 5.40. The van der Waals surface area contributed by atoms with Crippen molar-refractivity contribution in [3.63, 3.8) is 0 Å². The Bertz CT molecular complexity index is 915. The molecule has 0 bridgehead atoms. The van der Waals surface area contributed by atoms with Crippen molar-refractivity contribution in [3.05, 3.63) is 63.5 Å². The molecule has 6 nitrogen and oxygen atoms in total. The van der Waals surface area contributed by atoms with Gasteiger partial charge in [0.25, 0.3) is 0 Å². The Morgan fingerprint density at radius 2 is 2.00 bits per heavy atom. The summed E-state index contributed by atoms with van der Waals surface area (Å²) in [4.78, 5) is 16.3. The summed E-state index contributed by atoms with van der Waals surface area (Å²) in [5.74, 6) is 1.47. The topological polar surface area (TPSA) is 72.7 Å². The molecule has 0 spiro atoms. The molecule has 0 unspecified atom stereocenters. The second-order valence-electron chi connectivity index (χ2n) is 5.64. The van der Waals surface area contributed by atoms with E-state index in [1.165, 1.54) is 11.8 Å². The van der Waals surface area contributed by atoms with Gasteiger partial charge in [-0.2, -0.15) is 0 Å². The average molecular weight is 467 g/mol. The molecular weight excluding hydrogens is 450 g/mol. The first-order valence-electron chi connectivity index (χ1n) is 8.26. The van der Waals surface area contributed by atoms with Crippen molar-refractivity contribution in [2.75, 3.05) is 11.1 Å². The molecule has 27 heavy (non-hydrogen) atoms. The van der Waals surface area contributed by atoms with Crippen molar-refractivity contribution >= 4 is 51.0 Å². The van der Waals surface area contributed by atoms with E-state index < -0.39 is 0 Å². The highest BCUT2D eigenvalue weighted by Gasteiger charge is 2.14. The number of carbonyl (C=O) groups is 1. The second kappa shape index (κ2) is 9.34. The maximum Gasteiger partial charge on any atom is 0.236 e. The minimum absolute atomic E-state index is 0.139. The van der Waals surface area contributed by atoms with E-state index in [0.29, 0.717) is 17.3 Å². The lowest BCUT2D eigenvalue weighted by molar-refractivity contribution is -0.113. The summed E-state index contributed by atoms with van der Waals surface area (Å²) < 4.78 is 2.88. The Hall–Kier alpha value is -1.90. The summed E-state index contributed by atoms with van der Waals surface area (Å²) in [7, 11) is 0. The fourth-order valence-electron chi connectivity index (χ4n) is 2.42. The van der Waals surface area contributed by atoms with Gasteiger partial charge < -0.3 is 9.88 Å². The van der Waals surface area contributed by atoms with E-state index in [9.17, 15) is 4.79 Å². The molecule has 3 aromatic rings. The largest absolute Gasteiger partial charge is 0.310 e. The van der Waals surface area contributed by atoms with Gasteiger partial charge in [-0.05, 0) is 52.7 Å². The Balaban J connectivity index is 1.61. The van der Waals surface area contributed by atoms with Gasteiger partial charge in [-0.3, -0.25) is 4.79 Å². The fourth-order valence-corrected chi connectivity index (χ4v) is 3.60. The molecule has 1 aromatic carbocycles. The van der Waals surface area contributed by atoms with E-state index in [4.69, 9.17) is 11.6 Å². The van der Waals surface area contributed by atoms with Crippen LogP contribution >= 0.6 is 39.3 Å². The molecule has 0 aliphatic heterocycles. The van der Waals surface area contributed by atoms with E-state index in [0.717, 1.165) is 27.6 Å². The van der Waals surface area contributed by atoms with Crippen LogP contribution in [0.5, 0.6) is 0 Å². The zero-order chi connectivity index (χ0) is 19.2. The fraction of sp³-hybridized carbons (Fsp3) is 0.222. The van der Waals surface area contributed by atoms with Gasteiger partial charge in [-0.1, -0.05) is 35.5 Å². The average Bonchev–Trinajstić information content (AvgIpc) is 3.05. The van der Waals surface area contributed by atoms with E-state index >= 15 is 0 Å². The number of benzene rings is 1. The number of hydrogen-bond acceptors (Lipinski definition) is 5. The first-order valence-corrected chi connectivity index (χ1v) is 10.4. The number of aromatic nitrogens is 4. The van der Waals surface area contributed by atoms with Crippen LogP contribution in [0.25, 0.3) is 0 Å². The lowest BCUT2D eigenvalue weighted by atomic mass is 10.1. The van der Waals surface area contributed by atoms with Crippen molar-refractivity contribution in [1.29, 1.82) is 0 Å². The van der Waals surface area contributed by atoms with Gasteiger partial charge in [0.1, 0.15) is 11.6 Å². The molecule has 0 aliphatic carbocycles. The predicted molar refractivity (Wildman–Crippen MR) is 111 cm³/mol. The van der Waals surface area contributed by atoms with Crippen molar-refractivity contribution in [2.45, 2.75) is 25.0 Å². The number of pyridine rings is 1. The summed E-state index contributed by atoms with van der Waals surface area (Å²) in [6, 6.07) is 11.2. The third kappa shape index (κ3) is 5.54. The van der Waals surface area contributed by atoms with Gasteiger partial charge in [0.05, 0.1) is 5.75 Å². The maximum atomic E-state index is 12.1. The summed E-state index contributed by atoms with van der Waals surface area (Å²) in [5.41, 5.74) is 1.11. The van der Waals surface area contributed by atoms with Crippen molar-refractivity contribution < 1.29 is 4.79 Å². The molecule has 0 aliphatic rings. The summed E-state index contributed by atoms with van der Waals surface area (Å²) >= 11 is 10.6. The molecule has 1 amide bonds. The summed E-state index contributed by atoms with van der Waals surface area (Å²) in [6.07, 6.45) is 2.30.